The number of piperidine rings is 2. The molecule has 0 bridgehead atoms. The lowest BCUT2D eigenvalue weighted by molar-refractivity contribution is 0.201. The van der Waals surface area contributed by atoms with Crippen molar-refractivity contribution in [1.29, 1.82) is 0 Å². The Morgan fingerprint density at radius 1 is 0.891 bits per heavy atom. The van der Waals surface area contributed by atoms with E-state index in [9.17, 15) is 0 Å². The van der Waals surface area contributed by atoms with E-state index in [1.807, 2.05) is 0 Å². The molecule has 0 spiro atoms. The molecule has 0 aliphatic carbocycles. The molecule has 3 saturated heterocycles. The summed E-state index contributed by atoms with van der Waals surface area (Å²) in [5, 5.41) is 9.12. The standard InChI is InChI=1S/C37H47N9/c1-3-38-14-11-26(2)41-28-7-9-29(10-8-28)44-16-12-27(13-17-44)24-43-18-20-45(21-19-43)30-22-31-33-6-4-5-15-46(33)37-35-34(31)32(23-30)42-36(35)39-25-40-37/h3,7-10,22-23,25,27,33,38,41H,1-2,4-6,11-21,24H2,(H,39,40,42)/t33-/m1/s1. The van der Waals surface area contributed by atoms with Gasteiger partial charge in [0.25, 0.3) is 0 Å². The first-order valence-electron chi connectivity index (χ1n) is 17.3. The number of rotatable bonds is 10. The summed E-state index contributed by atoms with van der Waals surface area (Å²) in [4.78, 5) is 23.5. The number of piperazine rings is 1. The van der Waals surface area contributed by atoms with E-state index in [0.717, 1.165) is 87.5 Å². The molecule has 4 aliphatic rings. The molecule has 9 heteroatoms. The van der Waals surface area contributed by atoms with Gasteiger partial charge in [-0.2, -0.15) is 0 Å². The highest BCUT2D eigenvalue weighted by molar-refractivity contribution is 6.15. The van der Waals surface area contributed by atoms with Gasteiger partial charge >= 0.3 is 0 Å². The minimum absolute atomic E-state index is 0.426. The van der Waals surface area contributed by atoms with Gasteiger partial charge in [-0.15, -0.1) is 0 Å². The molecule has 0 radical (unpaired) electrons. The first kappa shape index (κ1) is 29.2. The molecule has 3 fully saturated rings. The highest BCUT2D eigenvalue weighted by atomic mass is 15.3. The number of aromatic nitrogens is 3. The minimum atomic E-state index is 0.426. The highest BCUT2D eigenvalue weighted by Gasteiger charge is 2.35. The number of aromatic amines is 1. The highest BCUT2D eigenvalue weighted by Crippen LogP contribution is 2.48. The van der Waals surface area contributed by atoms with E-state index in [1.54, 1.807) is 12.5 Å². The number of H-pyrrole nitrogens is 1. The second-order valence-corrected chi connectivity index (χ2v) is 13.6. The number of hydrogen-bond donors (Lipinski definition) is 3. The summed E-state index contributed by atoms with van der Waals surface area (Å²) in [5.74, 6) is 1.90. The summed E-state index contributed by atoms with van der Waals surface area (Å²) in [6.45, 7) is 17.7. The van der Waals surface area contributed by atoms with Crippen molar-refractivity contribution in [2.45, 2.75) is 44.6 Å². The summed E-state index contributed by atoms with van der Waals surface area (Å²) >= 11 is 0. The van der Waals surface area contributed by atoms with Crippen molar-refractivity contribution < 1.29 is 0 Å². The van der Waals surface area contributed by atoms with Crippen LogP contribution in [0.5, 0.6) is 0 Å². The van der Waals surface area contributed by atoms with Gasteiger partial charge in [0, 0.05) is 93.5 Å². The van der Waals surface area contributed by atoms with Gasteiger partial charge in [0.1, 0.15) is 17.8 Å². The van der Waals surface area contributed by atoms with E-state index in [1.165, 1.54) is 71.9 Å². The molecule has 8 rings (SSSR count). The van der Waals surface area contributed by atoms with Crippen LogP contribution in [0.3, 0.4) is 0 Å². The number of nitrogens with zero attached hydrogens (tertiary/aromatic N) is 6. The summed E-state index contributed by atoms with van der Waals surface area (Å²) in [5.41, 5.74) is 8.46. The third-order valence-corrected chi connectivity index (χ3v) is 10.8. The van der Waals surface area contributed by atoms with Crippen molar-refractivity contribution in [2.75, 3.05) is 78.9 Å². The first-order valence-corrected chi connectivity index (χ1v) is 17.3. The Kier molecular flexibility index (Phi) is 7.94. The number of hydrogen-bond acceptors (Lipinski definition) is 8. The van der Waals surface area contributed by atoms with Crippen molar-refractivity contribution >= 4 is 44.8 Å². The Labute approximate surface area is 272 Å². The van der Waals surface area contributed by atoms with Crippen molar-refractivity contribution in [3.8, 4) is 0 Å². The Hall–Kier alpha value is -4.24. The van der Waals surface area contributed by atoms with Crippen LogP contribution in [0.15, 0.2) is 67.8 Å². The van der Waals surface area contributed by atoms with Gasteiger partial charge in [0.15, 0.2) is 0 Å². The lowest BCUT2D eigenvalue weighted by Gasteiger charge is -2.42. The summed E-state index contributed by atoms with van der Waals surface area (Å²) in [6, 6.07) is 14.1. The van der Waals surface area contributed by atoms with Crippen LogP contribution in [0.1, 0.15) is 50.1 Å². The zero-order valence-electron chi connectivity index (χ0n) is 27.0. The second-order valence-electron chi connectivity index (χ2n) is 13.6. The van der Waals surface area contributed by atoms with E-state index in [-0.39, 0.29) is 0 Å². The predicted molar refractivity (Wildman–Crippen MR) is 191 cm³/mol. The molecule has 0 amide bonds. The Morgan fingerprint density at radius 3 is 2.50 bits per heavy atom. The number of fused-ring (bicyclic) bond motifs is 3. The average Bonchev–Trinajstić information content (AvgIpc) is 3.48. The molecule has 9 nitrogen and oxygen atoms in total. The minimum Gasteiger partial charge on any atom is -0.391 e. The first-order chi connectivity index (χ1) is 22.6. The van der Waals surface area contributed by atoms with Gasteiger partial charge in [-0.3, -0.25) is 4.90 Å². The fraction of sp³-hybridized carbons (Fsp3) is 0.459. The number of anilines is 4. The molecular formula is C37H47N9. The quantitative estimate of drug-likeness (QED) is 0.181. The zero-order valence-corrected chi connectivity index (χ0v) is 27.0. The zero-order chi connectivity index (χ0) is 31.0. The SMILES string of the molecule is C=CNCCC(=C)Nc1ccc(N2CCC(CN3CCN(c4cc5c6c(c4)[nH]c4ncnc(c46)N4CCCC[C@H]54)CC3)CC2)cc1. The van der Waals surface area contributed by atoms with Crippen LogP contribution < -0.4 is 25.3 Å². The molecule has 6 heterocycles. The van der Waals surface area contributed by atoms with Gasteiger partial charge in [-0.05, 0) is 86.2 Å². The van der Waals surface area contributed by atoms with E-state index >= 15 is 0 Å². The van der Waals surface area contributed by atoms with Crippen molar-refractivity contribution in [3.05, 3.63) is 73.3 Å². The van der Waals surface area contributed by atoms with E-state index in [4.69, 9.17) is 4.98 Å². The van der Waals surface area contributed by atoms with Gasteiger partial charge in [-0.1, -0.05) is 13.2 Å². The maximum absolute atomic E-state index is 4.75. The molecule has 2 aromatic carbocycles. The lowest BCUT2D eigenvalue weighted by atomic mass is 9.88. The summed E-state index contributed by atoms with van der Waals surface area (Å²) in [7, 11) is 0. The monoisotopic (exact) mass is 617 g/mol. The molecule has 4 aromatic rings. The summed E-state index contributed by atoms with van der Waals surface area (Å²) < 4.78 is 0. The van der Waals surface area contributed by atoms with Gasteiger partial charge in [0.05, 0.1) is 16.9 Å². The molecule has 0 saturated carbocycles. The second kappa shape index (κ2) is 12.5. The van der Waals surface area contributed by atoms with Crippen LogP contribution in [-0.4, -0.2) is 78.8 Å². The van der Waals surface area contributed by atoms with Gasteiger partial charge in [0.2, 0.25) is 0 Å². The largest absolute Gasteiger partial charge is 0.391 e. The third kappa shape index (κ3) is 5.55. The topological polar surface area (TPSA) is 78.6 Å². The van der Waals surface area contributed by atoms with Crippen molar-refractivity contribution in [2.24, 2.45) is 5.92 Å². The van der Waals surface area contributed by atoms with Gasteiger partial charge < -0.3 is 30.3 Å². The van der Waals surface area contributed by atoms with Crippen LogP contribution in [0.4, 0.5) is 22.9 Å². The number of benzene rings is 2. The van der Waals surface area contributed by atoms with E-state index < -0.39 is 0 Å². The maximum Gasteiger partial charge on any atom is 0.143 e. The molecule has 2 aromatic heterocycles. The fourth-order valence-electron chi connectivity index (χ4n) is 8.30. The molecule has 1 atom stereocenters. The predicted octanol–water partition coefficient (Wildman–Crippen LogP) is 6.24. The lowest BCUT2D eigenvalue weighted by Crippen LogP contribution is -2.49. The van der Waals surface area contributed by atoms with Gasteiger partial charge in [-0.25, -0.2) is 9.97 Å². The van der Waals surface area contributed by atoms with Crippen LogP contribution in [0, 0.1) is 5.92 Å². The molecule has 4 aliphatic heterocycles. The number of nitrogens with one attached hydrogen (secondary N) is 3. The molecule has 240 valence electrons. The maximum atomic E-state index is 4.75. The summed E-state index contributed by atoms with van der Waals surface area (Å²) in [6.07, 6.45) is 10.6. The average molecular weight is 618 g/mol. The van der Waals surface area contributed by atoms with E-state index in [0.29, 0.717) is 6.04 Å². The van der Waals surface area contributed by atoms with Crippen LogP contribution in [0.2, 0.25) is 0 Å². The smallest absolute Gasteiger partial charge is 0.143 e. The van der Waals surface area contributed by atoms with Crippen LogP contribution in [0.25, 0.3) is 21.9 Å². The Morgan fingerprint density at radius 2 is 1.70 bits per heavy atom. The Bertz CT molecular complexity index is 1710. The van der Waals surface area contributed by atoms with E-state index in [2.05, 4.69) is 89.8 Å². The Balaban J connectivity index is 0.856. The molecule has 3 N–H and O–H groups in total. The molecule has 0 unspecified atom stereocenters. The van der Waals surface area contributed by atoms with Crippen molar-refractivity contribution in [3.63, 3.8) is 0 Å². The molecular weight excluding hydrogens is 570 g/mol. The fourth-order valence-corrected chi connectivity index (χ4v) is 8.30. The normalized spacial score (nSPS) is 20.3. The molecule has 46 heavy (non-hydrogen) atoms. The third-order valence-electron chi connectivity index (χ3n) is 10.8. The van der Waals surface area contributed by atoms with Crippen LogP contribution in [-0.2, 0) is 0 Å². The van der Waals surface area contributed by atoms with Crippen molar-refractivity contribution in [1.82, 2.24) is 25.2 Å². The van der Waals surface area contributed by atoms with Crippen LogP contribution >= 0.6 is 0 Å².